The fraction of sp³-hybridized carbons (Fsp3) is 0.357. The molecule has 0 radical (unpaired) electrons. The van der Waals surface area contributed by atoms with Crippen molar-refractivity contribution in [1.82, 2.24) is 14.5 Å². The molecule has 0 atom stereocenters. The van der Waals surface area contributed by atoms with Gasteiger partial charge in [-0.3, -0.25) is 9.36 Å². The SMILES string of the molecule is Cc1nccn1-c1ccc(NC(=O)C(C)(C)CN)cn1. The molecule has 2 rings (SSSR count). The van der Waals surface area contributed by atoms with Gasteiger partial charge in [0, 0.05) is 18.9 Å². The highest BCUT2D eigenvalue weighted by molar-refractivity contribution is 5.94. The van der Waals surface area contributed by atoms with Gasteiger partial charge in [-0.25, -0.2) is 9.97 Å². The van der Waals surface area contributed by atoms with Gasteiger partial charge in [0.05, 0.1) is 17.3 Å². The second-order valence-corrected chi connectivity index (χ2v) is 5.29. The number of aryl methyl sites for hydroxylation is 1. The molecule has 6 heteroatoms. The van der Waals surface area contributed by atoms with Gasteiger partial charge in [0.2, 0.25) is 5.91 Å². The molecule has 0 saturated carbocycles. The van der Waals surface area contributed by atoms with Crippen molar-refractivity contribution in [2.24, 2.45) is 11.1 Å². The van der Waals surface area contributed by atoms with Crippen molar-refractivity contribution in [3.63, 3.8) is 0 Å². The first-order chi connectivity index (χ1) is 9.44. The molecule has 2 aromatic rings. The van der Waals surface area contributed by atoms with Gasteiger partial charge in [-0.1, -0.05) is 0 Å². The minimum Gasteiger partial charge on any atom is -0.329 e. The number of nitrogens with two attached hydrogens (primary N) is 1. The van der Waals surface area contributed by atoms with Crippen molar-refractivity contribution < 1.29 is 4.79 Å². The molecule has 1 amide bonds. The van der Waals surface area contributed by atoms with E-state index in [-0.39, 0.29) is 5.91 Å². The van der Waals surface area contributed by atoms with E-state index in [1.165, 1.54) is 0 Å². The Balaban J connectivity index is 2.14. The van der Waals surface area contributed by atoms with Crippen LogP contribution < -0.4 is 11.1 Å². The minimum absolute atomic E-state index is 0.117. The van der Waals surface area contributed by atoms with Crippen LogP contribution in [0.1, 0.15) is 19.7 Å². The van der Waals surface area contributed by atoms with Crippen molar-refractivity contribution >= 4 is 11.6 Å². The lowest BCUT2D eigenvalue weighted by Gasteiger charge is -2.21. The number of nitrogens with zero attached hydrogens (tertiary/aromatic N) is 3. The maximum absolute atomic E-state index is 12.0. The smallest absolute Gasteiger partial charge is 0.231 e. The number of anilines is 1. The van der Waals surface area contributed by atoms with E-state index in [1.54, 1.807) is 26.2 Å². The molecule has 0 bridgehead atoms. The van der Waals surface area contributed by atoms with Crippen LogP contribution in [0.5, 0.6) is 0 Å². The number of hydrogen-bond acceptors (Lipinski definition) is 4. The number of imidazole rings is 1. The zero-order valence-electron chi connectivity index (χ0n) is 11.9. The average molecular weight is 273 g/mol. The van der Waals surface area contributed by atoms with Gasteiger partial charge in [-0.2, -0.15) is 0 Å². The summed E-state index contributed by atoms with van der Waals surface area (Å²) in [5.74, 6) is 1.50. The molecule has 0 aliphatic carbocycles. The number of carbonyl (C=O) groups excluding carboxylic acids is 1. The first-order valence-electron chi connectivity index (χ1n) is 6.42. The summed E-state index contributed by atoms with van der Waals surface area (Å²) < 4.78 is 1.87. The number of nitrogens with one attached hydrogen (secondary N) is 1. The van der Waals surface area contributed by atoms with Crippen LogP contribution in [0.4, 0.5) is 5.69 Å². The summed E-state index contributed by atoms with van der Waals surface area (Å²) in [6.45, 7) is 5.80. The molecule has 0 aromatic carbocycles. The fourth-order valence-corrected chi connectivity index (χ4v) is 1.62. The number of rotatable bonds is 4. The molecule has 0 fully saturated rings. The van der Waals surface area contributed by atoms with Crippen LogP contribution >= 0.6 is 0 Å². The highest BCUT2D eigenvalue weighted by atomic mass is 16.2. The Morgan fingerprint density at radius 2 is 2.15 bits per heavy atom. The Bertz CT molecular complexity index is 600. The molecule has 6 nitrogen and oxygen atoms in total. The zero-order chi connectivity index (χ0) is 14.8. The Morgan fingerprint density at radius 1 is 1.40 bits per heavy atom. The second kappa shape index (κ2) is 5.42. The number of amides is 1. The Morgan fingerprint density at radius 3 is 2.65 bits per heavy atom. The predicted molar refractivity (Wildman–Crippen MR) is 77.6 cm³/mol. The van der Waals surface area contributed by atoms with E-state index in [9.17, 15) is 4.79 Å². The van der Waals surface area contributed by atoms with Crippen LogP contribution in [-0.2, 0) is 4.79 Å². The molecule has 106 valence electrons. The number of aromatic nitrogens is 3. The van der Waals surface area contributed by atoms with Gasteiger partial charge in [0.15, 0.2) is 0 Å². The van der Waals surface area contributed by atoms with Crippen LogP contribution in [0.25, 0.3) is 5.82 Å². The summed E-state index contributed by atoms with van der Waals surface area (Å²) in [5, 5.41) is 2.81. The normalized spacial score (nSPS) is 11.4. The topological polar surface area (TPSA) is 85.8 Å². The monoisotopic (exact) mass is 273 g/mol. The molecule has 0 unspecified atom stereocenters. The molecule has 3 N–H and O–H groups in total. The van der Waals surface area contributed by atoms with Crippen LogP contribution in [0, 0.1) is 12.3 Å². The first kappa shape index (κ1) is 14.2. The molecule has 0 spiro atoms. The van der Waals surface area contributed by atoms with E-state index in [2.05, 4.69) is 15.3 Å². The standard InChI is InChI=1S/C14H19N5O/c1-10-16-6-7-19(10)12-5-4-11(8-17-12)18-13(20)14(2,3)9-15/h4-8H,9,15H2,1-3H3,(H,18,20). The highest BCUT2D eigenvalue weighted by Crippen LogP contribution is 2.17. The van der Waals surface area contributed by atoms with E-state index < -0.39 is 5.41 Å². The summed E-state index contributed by atoms with van der Waals surface area (Å²) in [7, 11) is 0. The van der Waals surface area contributed by atoms with E-state index in [0.717, 1.165) is 11.6 Å². The van der Waals surface area contributed by atoms with Crippen LogP contribution in [-0.4, -0.2) is 27.0 Å². The lowest BCUT2D eigenvalue weighted by atomic mass is 9.92. The van der Waals surface area contributed by atoms with Crippen LogP contribution in [0.15, 0.2) is 30.7 Å². The molecule has 0 saturated heterocycles. The summed E-state index contributed by atoms with van der Waals surface area (Å²) >= 11 is 0. The molecule has 0 aliphatic heterocycles. The lowest BCUT2D eigenvalue weighted by Crippen LogP contribution is -2.37. The van der Waals surface area contributed by atoms with Crippen molar-refractivity contribution in [3.8, 4) is 5.82 Å². The fourth-order valence-electron chi connectivity index (χ4n) is 1.62. The Kier molecular flexibility index (Phi) is 3.85. The lowest BCUT2D eigenvalue weighted by molar-refractivity contribution is -0.123. The van der Waals surface area contributed by atoms with Gasteiger partial charge >= 0.3 is 0 Å². The summed E-state index contributed by atoms with van der Waals surface area (Å²) in [5.41, 5.74) is 5.63. The number of pyridine rings is 1. The Hall–Kier alpha value is -2.21. The zero-order valence-corrected chi connectivity index (χ0v) is 11.9. The Labute approximate surface area is 118 Å². The molecular formula is C14H19N5O. The quantitative estimate of drug-likeness (QED) is 0.884. The minimum atomic E-state index is -0.598. The van der Waals surface area contributed by atoms with Gasteiger partial charge in [0.1, 0.15) is 11.6 Å². The maximum Gasteiger partial charge on any atom is 0.231 e. The molecule has 0 aliphatic rings. The van der Waals surface area contributed by atoms with Crippen molar-refractivity contribution in [1.29, 1.82) is 0 Å². The predicted octanol–water partition coefficient (Wildman–Crippen LogP) is 1.50. The van der Waals surface area contributed by atoms with Crippen molar-refractivity contribution in [2.45, 2.75) is 20.8 Å². The van der Waals surface area contributed by atoms with Gasteiger partial charge in [0.25, 0.3) is 0 Å². The first-order valence-corrected chi connectivity index (χ1v) is 6.42. The van der Waals surface area contributed by atoms with Gasteiger partial charge in [-0.05, 0) is 32.9 Å². The molecule has 20 heavy (non-hydrogen) atoms. The third kappa shape index (κ3) is 2.85. The maximum atomic E-state index is 12.0. The van der Waals surface area contributed by atoms with E-state index in [0.29, 0.717) is 12.2 Å². The molecular weight excluding hydrogens is 254 g/mol. The van der Waals surface area contributed by atoms with E-state index >= 15 is 0 Å². The average Bonchev–Trinajstić information content (AvgIpc) is 2.86. The number of carbonyl (C=O) groups is 1. The van der Waals surface area contributed by atoms with E-state index in [4.69, 9.17) is 5.73 Å². The summed E-state index contributed by atoms with van der Waals surface area (Å²) in [4.78, 5) is 20.5. The largest absolute Gasteiger partial charge is 0.329 e. The van der Waals surface area contributed by atoms with Crippen LogP contribution in [0.2, 0.25) is 0 Å². The third-order valence-electron chi connectivity index (χ3n) is 3.20. The summed E-state index contributed by atoms with van der Waals surface area (Å²) in [6, 6.07) is 3.64. The van der Waals surface area contributed by atoms with Gasteiger partial charge in [-0.15, -0.1) is 0 Å². The van der Waals surface area contributed by atoms with Gasteiger partial charge < -0.3 is 11.1 Å². The molecule has 2 heterocycles. The van der Waals surface area contributed by atoms with Crippen LogP contribution in [0.3, 0.4) is 0 Å². The molecule has 2 aromatic heterocycles. The number of hydrogen-bond donors (Lipinski definition) is 2. The second-order valence-electron chi connectivity index (χ2n) is 5.29. The highest BCUT2D eigenvalue weighted by Gasteiger charge is 2.25. The third-order valence-corrected chi connectivity index (χ3v) is 3.20. The van der Waals surface area contributed by atoms with Crippen molar-refractivity contribution in [2.75, 3.05) is 11.9 Å². The van der Waals surface area contributed by atoms with E-state index in [1.807, 2.05) is 29.8 Å². The summed E-state index contributed by atoms with van der Waals surface area (Å²) in [6.07, 6.45) is 5.18. The van der Waals surface area contributed by atoms with Crippen molar-refractivity contribution in [3.05, 3.63) is 36.5 Å².